The topological polar surface area (TPSA) is 81.6 Å². The Balaban J connectivity index is 1.66. The van der Waals surface area contributed by atoms with Gasteiger partial charge in [-0.3, -0.25) is 0 Å². The predicted octanol–water partition coefficient (Wildman–Crippen LogP) is 6.34. The minimum atomic E-state index is -1.44. The molecule has 1 fully saturated rings. The average molecular weight is 507 g/mol. The molecule has 2 aliphatic carbocycles. The third-order valence-corrected chi connectivity index (χ3v) is 9.54. The predicted molar refractivity (Wildman–Crippen MR) is 145 cm³/mol. The van der Waals surface area contributed by atoms with Crippen LogP contribution in [0, 0.1) is 39.9 Å². The summed E-state index contributed by atoms with van der Waals surface area (Å²) in [7, 11) is 3.34. The fourth-order valence-corrected chi connectivity index (χ4v) is 7.74. The monoisotopic (exact) mass is 506 g/mol. The molecule has 0 aromatic heterocycles. The van der Waals surface area contributed by atoms with Crippen LogP contribution in [-0.4, -0.2) is 30.5 Å². The molecule has 1 saturated carbocycles. The van der Waals surface area contributed by atoms with E-state index in [1.54, 1.807) is 14.2 Å². The maximum atomic E-state index is 10.8. The van der Waals surface area contributed by atoms with E-state index in [0.717, 1.165) is 66.0 Å². The number of rotatable bonds is 4. The first-order valence-electron chi connectivity index (χ1n) is 13.6. The Kier molecular flexibility index (Phi) is 5.58. The van der Waals surface area contributed by atoms with Gasteiger partial charge in [-0.15, -0.1) is 0 Å². The zero-order valence-corrected chi connectivity index (χ0v) is 22.6. The molecule has 0 radical (unpaired) electrons. The van der Waals surface area contributed by atoms with Gasteiger partial charge in [-0.05, 0) is 89.8 Å². The van der Waals surface area contributed by atoms with Crippen LogP contribution in [-0.2, 0) is 5.54 Å². The van der Waals surface area contributed by atoms with Crippen molar-refractivity contribution in [3.8, 4) is 23.6 Å². The lowest BCUT2D eigenvalue weighted by molar-refractivity contribution is 0.0625. The molecule has 2 heterocycles. The van der Waals surface area contributed by atoms with E-state index in [2.05, 4.69) is 38.1 Å². The van der Waals surface area contributed by atoms with Gasteiger partial charge in [0.25, 0.3) is 5.54 Å². The maximum Gasteiger partial charge on any atom is 0.252 e. The molecule has 0 unspecified atom stereocenters. The van der Waals surface area contributed by atoms with Crippen LogP contribution in [0.3, 0.4) is 0 Å². The molecule has 6 nitrogen and oxygen atoms in total. The highest BCUT2D eigenvalue weighted by Gasteiger charge is 2.78. The average Bonchev–Trinajstić information content (AvgIpc) is 3.44. The third kappa shape index (κ3) is 3.07. The lowest BCUT2D eigenvalue weighted by atomic mass is 9.72. The van der Waals surface area contributed by atoms with Crippen LogP contribution < -0.4 is 9.47 Å². The Bertz CT molecular complexity index is 1390. The molecular formula is C32H34N4O2. The summed E-state index contributed by atoms with van der Waals surface area (Å²) in [5.41, 5.74) is 3.15. The zero-order valence-electron chi connectivity index (χ0n) is 22.6. The van der Waals surface area contributed by atoms with Gasteiger partial charge in [-0.1, -0.05) is 38.8 Å². The summed E-state index contributed by atoms with van der Waals surface area (Å²) in [6, 6.07) is 21.2. The Labute approximate surface area is 225 Å². The van der Waals surface area contributed by atoms with Crippen molar-refractivity contribution in [2.45, 2.75) is 63.5 Å². The first-order chi connectivity index (χ1) is 18.4. The van der Waals surface area contributed by atoms with Crippen LogP contribution in [0.15, 0.2) is 64.8 Å². The van der Waals surface area contributed by atoms with E-state index in [1.807, 2.05) is 41.4 Å². The minimum Gasteiger partial charge on any atom is -0.497 e. The summed E-state index contributed by atoms with van der Waals surface area (Å²) in [4.78, 5) is 0. The van der Waals surface area contributed by atoms with Crippen LogP contribution in [0.5, 0.6) is 11.5 Å². The van der Waals surface area contributed by atoms with E-state index in [9.17, 15) is 10.5 Å². The van der Waals surface area contributed by atoms with Crippen LogP contribution >= 0.6 is 0 Å². The number of hydrazone groups is 1. The van der Waals surface area contributed by atoms with Gasteiger partial charge < -0.3 is 9.47 Å². The van der Waals surface area contributed by atoms with E-state index < -0.39 is 11.1 Å². The number of ether oxygens (including phenoxy) is 2. The van der Waals surface area contributed by atoms with Crippen LogP contribution in [0.4, 0.5) is 0 Å². The molecule has 0 amide bonds. The summed E-state index contributed by atoms with van der Waals surface area (Å²) < 4.78 is 10.9. The second-order valence-electron chi connectivity index (χ2n) is 11.6. The highest BCUT2D eigenvalue weighted by molar-refractivity contribution is 6.06. The van der Waals surface area contributed by atoms with E-state index in [-0.39, 0.29) is 17.3 Å². The van der Waals surface area contributed by atoms with Crippen LogP contribution in [0.2, 0.25) is 0 Å². The second-order valence-corrected chi connectivity index (χ2v) is 11.6. The molecule has 38 heavy (non-hydrogen) atoms. The second kappa shape index (κ2) is 8.63. The molecule has 2 aliphatic heterocycles. The standard InChI is InChI=1S/C32H34N4O2/c1-30(2)27-28(21-11-15-23(37-3)16-12-21)35-36-31(19-33,20-34)25-9-7-5-6-8-10-26(25)32(36,29(27)30)22-13-17-24(38-4)18-14-22/h11-18,27,29H,5-10H2,1-4H3/t27-,29+,32+/m1/s1. The number of nitrogens with zero attached hydrogens (tertiary/aromatic N) is 4. The fraction of sp³-hybridized carbons (Fsp3) is 0.469. The largest absolute Gasteiger partial charge is 0.497 e. The Morgan fingerprint density at radius 2 is 1.37 bits per heavy atom. The molecule has 3 atom stereocenters. The summed E-state index contributed by atoms with van der Waals surface area (Å²) >= 11 is 0. The molecule has 2 aromatic carbocycles. The van der Waals surface area contributed by atoms with Crippen molar-refractivity contribution in [3.63, 3.8) is 0 Å². The van der Waals surface area contributed by atoms with Gasteiger partial charge in [-0.25, -0.2) is 5.01 Å². The number of fused-ring (bicyclic) bond motifs is 4. The highest BCUT2D eigenvalue weighted by atomic mass is 16.5. The van der Waals surface area contributed by atoms with E-state index in [1.165, 1.54) is 12.0 Å². The SMILES string of the molecule is COc1ccc(C2=NN3C(C#N)(C#N)C4=C(CCCCCC4)[C@@]3(c3ccc(OC)cc3)[C@H]3[C@@H]2C3(C)C)cc1. The maximum absolute atomic E-state index is 10.8. The van der Waals surface area contributed by atoms with Gasteiger partial charge in [0.05, 0.1) is 19.9 Å². The molecule has 0 spiro atoms. The van der Waals surface area contributed by atoms with Crippen LogP contribution in [0.1, 0.15) is 63.5 Å². The highest BCUT2D eigenvalue weighted by Crippen LogP contribution is 2.75. The first kappa shape index (κ1) is 24.6. The Morgan fingerprint density at radius 3 is 1.92 bits per heavy atom. The Morgan fingerprint density at radius 1 is 0.816 bits per heavy atom. The molecule has 6 heteroatoms. The first-order valence-corrected chi connectivity index (χ1v) is 13.6. The Hall–Kier alpha value is -3.77. The third-order valence-electron chi connectivity index (χ3n) is 9.54. The van der Waals surface area contributed by atoms with Crippen molar-refractivity contribution >= 4 is 5.71 Å². The normalized spacial score (nSPS) is 28.4. The lowest BCUT2D eigenvalue weighted by Crippen LogP contribution is -2.55. The number of benzene rings is 2. The minimum absolute atomic E-state index is 0.0745. The summed E-state index contributed by atoms with van der Waals surface area (Å²) in [6.07, 6.45) is 5.98. The van der Waals surface area contributed by atoms with Crippen LogP contribution in [0.25, 0.3) is 0 Å². The van der Waals surface area contributed by atoms with Crippen molar-refractivity contribution in [1.82, 2.24) is 5.01 Å². The van der Waals surface area contributed by atoms with Gasteiger partial charge >= 0.3 is 0 Å². The van der Waals surface area contributed by atoms with Gasteiger partial charge in [0.15, 0.2) is 0 Å². The lowest BCUT2D eigenvalue weighted by Gasteiger charge is -2.46. The quantitative estimate of drug-likeness (QED) is 0.452. The molecule has 194 valence electrons. The van der Waals surface area contributed by atoms with Crippen molar-refractivity contribution in [2.24, 2.45) is 22.4 Å². The van der Waals surface area contributed by atoms with E-state index >= 15 is 0 Å². The molecule has 4 aliphatic rings. The van der Waals surface area contributed by atoms with E-state index in [4.69, 9.17) is 14.6 Å². The van der Waals surface area contributed by atoms with Gasteiger partial charge in [0.2, 0.25) is 0 Å². The fourth-order valence-electron chi connectivity index (χ4n) is 7.74. The summed E-state index contributed by atoms with van der Waals surface area (Å²) in [5.74, 6) is 1.95. The van der Waals surface area contributed by atoms with Gasteiger partial charge in [0, 0.05) is 11.8 Å². The molecule has 6 rings (SSSR count). The van der Waals surface area contributed by atoms with Crippen molar-refractivity contribution in [1.29, 1.82) is 10.5 Å². The summed E-state index contributed by atoms with van der Waals surface area (Å²) in [5, 5.41) is 28.9. The van der Waals surface area contributed by atoms with Gasteiger partial charge in [0.1, 0.15) is 29.2 Å². The zero-order chi connectivity index (χ0) is 26.7. The number of hydrogen-bond donors (Lipinski definition) is 0. The number of hydrogen-bond acceptors (Lipinski definition) is 6. The molecule has 0 N–H and O–H groups in total. The molecular weight excluding hydrogens is 472 g/mol. The number of nitriles is 2. The van der Waals surface area contributed by atoms with Gasteiger partial charge in [-0.2, -0.15) is 15.6 Å². The van der Waals surface area contributed by atoms with Crippen molar-refractivity contribution in [3.05, 3.63) is 70.8 Å². The van der Waals surface area contributed by atoms with Crippen molar-refractivity contribution in [2.75, 3.05) is 14.2 Å². The molecule has 0 bridgehead atoms. The smallest absolute Gasteiger partial charge is 0.252 e. The van der Waals surface area contributed by atoms with E-state index in [0.29, 0.717) is 0 Å². The number of methoxy groups -OCH3 is 2. The molecule has 2 aromatic rings. The van der Waals surface area contributed by atoms with Crippen molar-refractivity contribution < 1.29 is 9.47 Å². The summed E-state index contributed by atoms with van der Waals surface area (Å²) in [6.45, 7) is 4.64. The molecule has 0 saturated heterocycles.